The number of aryl methyl sites for hydroxylation is 2. The Labute approximate surface area is 116 Å². The van der Waals surface area contributed by atoms with Crippen LogP contribution < -0.4 is 0 Å². The maximum absolute atomic E-state index is 12.5. The van der Waals surface area contributed by atoms with Crippen LogP contribution in [0.2, 0.25) is 0 Å². The molecule has 106 valence electrons. The first-order valence-electron chi connectivity index (χ1n) is 5.70. The number of thiophene rings is 1. The third-order valence-electron chi connectivity index (χ3n) is 2.72. The Kier molecular flexibility index (Phi) is 4.08. The number of hydrogen-bond donors (Lipinski definition) is 1. The van der Waals surface area contributed by atoms with Gasteiger partial charge in [0.15, 0.2) is 0 Å². The molecule has 0 amide bonds. The van der Waals surface area contributed by atoms with Crippen LogP contribution in [0.25, 0.3) is 0 Å². The van der Waals surface area contributed by atoms with Crippen molar-refractivity contribution in [3.8, 4) is 0 Å². The Morgan fingerprint density at radius 2 is 2.00 bits per heavy atom. The van der Waals surface area contributed by atoms with Crippen LogP contribution in [0.4, 0.5) is 13.2 Å². The van der Waals surface area contributed by atoms with Gasteiger partial charge in [-0.2, -0.15) is 13.2 Å². The summed E-state index contributed by atoms with van der Waals surface area (Å²) >= 11 is 0.680. The third kappa shape index (κ3) is 3.36. The van der Waals surface area contributed by atoms with Crippen molar-refractivity contribution in [1.29, 1.82) is 0 Å². The molecule has 0 spiro atoms. The van der Waals surface area contributed by atoms with Gasteiger partial charge in [0.05, 0.1) is 5.56 Å². The second-order valence-electron chi connectivity index (χ2n) is 4.10. The van der Waals surface area contributed by atoms with Gasteiger partial charge in [-0.05, 0) is 36.6 Å². The molecule has 7 heteroatoms. The summed E-state index contributed by atoms with van der Waals surface area (Å²) in [4.78, 5) is 14.8. The fourth-order valence-electron chi connectivity index (χ4n) is 1.76. The van der Waals surface area contributed by atoms with Crippen LogP contribution in [0.5, 0.6) is 0 Å². The number of carbonyl (C=O) groups is 1. The molecule has 0 aliphatic rings. The standard InChI is InChI=1S/C13H10F3NO2S/c14-13(15,16)11-4-3-9(20-11)2-1-8-7-17-6-5-10(8)12(18)19/h3-7H,1-2H2,(H,18,19). The Bertz CT molecular complexity index is 622. The summed E-state index contributed by atoms with van der Waals surface area (Å²) in [7, 11) is 0. The van der Waals surface area contributed by atoms with Crippen LogP contribution >= 0.6 is 11.3 Å². The van der Waals surface area contributed by atoms with Gasteiger partial charge in [-0.25, -0.2) is 4.79 Å². The van der Waals surface area contributed by atoms with E-state index in [-0.39, 0.29) is 5.56 Å². The summed E-state index contributed by atoms with van der Waals surface area (Å²) in [6.45, 7) is 0. The number of rotatable bonds is 4. The van der Waals surface area contributed by atoms with Gasteiger partial charge in [0.2, 0.25) is 0 Å². The number of carboxylic acids is 1. The molecule has 2 rings (SSSR count). The first-order chi connectivity index (χ1) is 9.38. The Balaban J connectivity index is 2.10. The summed E-state index contributed by atoms with van der Waals surface area (Å²) in [6.07, 6.45) is -0.828. The van der Waals surface area contributed by atoms with E-state index in [9.17, 15) is 18.0 Å². The SMILES string of the molecule is O=C(O)c1ccncc1CCc1ccc(C(F)(F)F)s1. The molecular formula is C13H10F3NO2S. The number of pyridine rings is 1. The smallest absolute Gasteiger partial charge is 0.425 e. The maximum atomic E-state index is 12.5. The van der Waals surface area contributed by atoms with Crippen LogP contribution in [-0.4, -0.2) is 16.1 Å². The van der Waals surface area contributed by atoms with E-state index in [0.29, 0.717) is 34.6 Å². The summed E-state index contributed by atoms with van der Waals surface area (Å²) < 4.78 is 37.4. The van der Waals surface area contributed by atoms with Crippen LogP contribution in [-0.2, 0) is 19.0 Å². The molecule has 0 aliphatic carbocycles. The molecule has 20 heavy (non-hydrogen) atoms. The third-order valence-corrected chi connectivity index (χ3v) is 3.91. The molecule has 2 aromatic heterocycles. The van der Waals surface area contributed by atoms with Crippen molar-refractivity contribution in [2.24, 2.45) is 0 Å². The van der Waals surface area contributed by atoms with Crippen molar-refractivity contribution < 1.29 is 23.1 Å². The average molecular weight is 301 g/mol. The predicted molar refractivity (Wildman–Crippen MR) is 67.9 cm³/mol. The molecule has 3 nitrogen and oxygen atoms in total. The molecule has 0 saturated carbocycles. The van der Waals surface area contributed by atoms with Gasteiger partial charge in [-0.1, -0.05) is 0 Å². The van der Waals surface area contributed by atoms with E-state index in [0.717, 1.165) is 6.07 Å². The van der Waals surface area contributed by atoms with Crippen molar-refractivity contribution in [1.82, 2.24) is 4.98 Å². The fourth-order valence-corrected chi connectivity index (χ4v) is 2.63. The first kappa shape index (κ1) is 14.5. The summed E-state index contributed by atoms with van der Waals surface area (Å²) in [6, 6.07) is 3.85. The Hall–Kier alpha value is -1.89. The monoisotopic (exact) mass is 301 g/mol. The second-order valence-corrected chi connectivity index (χ2v) is 5.27. The lowest BCUT2D eigenvalue weighted by Gasteiger charge is -2.04. The highest BCUT2D eigenvalue weighted by Gasteiger charge is 2.32. The van der Waals surface area contributed by atoms with E-state index in [1.165, 1.54) is 24.5 Å². The molecule has 0 aromatic carbocycles. The number of aromatic nitrogens is 1. The molecule has 0 saturated heterocycles. The highest BCUT2D eigenvalue weighted by Crippen LogP contribution is 2.34. The van der Waals surface area contributed by atoms with E-state index in [1.807, 2.05) is 0 Å². The van der Waals surface area contributed by atoms with Crippen molar-refractivity contribution >= 4 is 17.3 Å². The average Bonchev–Trinajstić information content (AvgIpc) is 2.85. The zero-order chi connectivity index (χ0) is 14.8. The zero-order valence-corrected chi connectivity index (χ0v) is 11.0. The summed E-state index contributed by atoms with van der Waals surface area (Å²) in [5.41, 5.74) is 0.648. The van der Waals surface area contributed by atoms with Gasteiger partial charge in [-0.15, -0.1) is 11.3 Å². The van der Waals surface area contributed by atoms with Crippen LogP contribution in [0.1, 0.15) is 25.7 Å². The molecule has 1 N–H and O–H groups in total. The zero-order valence-electron chi connectivity index (χ0n) is 10.1. The first-order valence-corrected chi connectivity index (χ1v) is 6.51. The van der Waals surface area contributed by atoms with E-state index >= 15 is 0 Å². The Morgan fingerprint density at radius 3 is 2.60 bits per heavy atom. The number of hydrogen-bond acceptors (Lipinski definition) is 3. The van der Waals surface area contributed by atoms with Gasteiger partial charge in [-0.3, -0.25) is 4.98 Å². The van der Waals surface area contributed by atoms with Crippen molar-refractivity contribution in [2.45, 2.75) is 19.0 Å². The molecule has 0 atom stereocenters. The van der Waals surface area contributed by atoms with E-state index in [4.69, 9.17) is 5.11 Å². The van der Waals surface area contributed by atoms with Gasteiger partial charge in [0.1, 0.15) is 4.88 Å². The number of halogens is 3. The number of alkyl halides is 3. The molecule has 0 unspecified atom stereocenters. The minimum atomic E-state index is -4.33. The largest absolute Gasteiger partial charge is 0.478 e. The van der Waals surface area contributed by atoms with Gasteiger partial charge >= 0.3 is 12.1 Å². The summed E-state index contributed by atoms with van der Waals surface area (Å²) in [5.74, 6) is -1.07. The lowest BCUT2D eigenvalue weighted by Crippen LogP contribution is -2.04. The molecule has 0 radical (unpaired) electrons. The van der Waals surface area contributed by atoms with Crippen LogP contribution in [0, 0.1) is 0 Å². The van der Waals surface area contributed by atoms with Crippen molar-refractivity contribution in [3.63, 3.8) is 0 Å². The lowest BCUT2D eigenvalue weighted by molar-refractivity contribution is -0.134. The highest BCUT2D eigenvalue weighted by molar-refractivity contribution is 7.12. The van der Waals surface area contributed by atoms with Crippen molar-refractivity contribution in [2.75, 3.05) is 0 Å². The maximum Gasteiger partial charge on any atom is 0.425 e. The van der Waals surface area contributed by atoms with E-state index in [2.05, 4.69) is 4.98 Å². The lowest BCUT2D eigenvalue weighted by atomic mass is 10.1. The fraction of sp³-hybridized carbons (Fsp3) is 0.231. The van der Waals surface area contributed by atoms with Gasteiger partial charge < -0.3 is 5.11 Å². The minimum Gasteiger partial charge on any atom is -0.478 e. The number of carboxylic acid groups (broad SMARTS) is 1. The van der Waals surface area contributed by atoms with Crippen molar-refractivity contribution in [3.05, 3.63) is 51.5 Å². The second kappa shape index (κ2) is 5.62. The minimum absolute atomic E-state index is 0.132. The quantitative estimate of drug-likeness (QED) is 0.938. The molecule has 0 fully saturated rings. The van der Waals surface area contributed by atoms with E-state index < -0.39 is 17.0 Å². The Morgan fingerprint density at radius 1 is 1.25 bits per heavy atom. The summed E-state index contributed by atoms with van der Waals surface area (Å²) in [5, 5.41) is 9.00. The molecule has 0 bridgehead atoms. The normalized spacial score (nSPS) is 11.6. The van der Waals surface area contributed by atoms with Gasteiger partial charge in [0.25, 0.3) is 0 Å². The predicted octanol–water partition coefficient (Wildman–Crippen LogP) is 3.65. The number of nitrogens with zero attached hydrogens (tertiary/aromatic N) is 1. The van der Waals surface area contributed by atoms with Crippen LogP contribution in [0.3, 0.4) is 0 Å². The molecule has 2 aromatic rings. The molecular weight excluding hydrogens is 291 g/mol. The van der Waals surface area contributed by atoms with Gasteiger partial charge in [0, 0.05) is 17.3 Å². The highest BCUT2D eigenvalue weighted by atomic mass is 32.1. The number of aromatic carboxylic acids is 1. The molecule has 0 aliphatic heterocycles. The topological polar surface area (TPSA) is 50.2 Å². The van der Waals surface area contributed by atoms with Crippen LogP contribution in [0.15, 0.2) is 30.6 Å². The van der Waals surface area contributed by atoms with E-state index in [1.54, 1.807) is 0 Å². The molecule has 2 heterocycles.